The number of benzene rings is 1. The zero-order chi connectivity index (χ0) is 14.6. The number of thiocarbonyl (C=S) groups is 1. The first-order valence-electron chi connectivity index (χ1n) is 5.68. The monoisotopic (exact) mass is 306 g/mol. The van der Waals surface area contributed by atoms with Gasteiger partial charge in [-0.05, 0) is 18.6 Å². The van der Waals surface area contributed by atoms with E-state index in [2.05, 4.69) is 17.5 Å². The summed E-state index contributed by atoms with van der Waals surface area (Å²) in [5.41, 5.74) is 5.26. The summed E-state index contributed by atoms with van der Waals surface area (Å²) in [6.45, 7) is 2.15. The van der Waals surface area contributed by atoms with Crippen LogP contribution in [-0.2, 0) is 10.8 Å². The lowest BCUT2D eigenvalue weighted by atomic mass is 10.2. The molecule has 3 nitrogen and oxygen atoms in total. The fourth-order valence-electron chi connectivity index (χ4n) is 1.45. The maximum Gasteiger partial charge on any atom is 0.150 e. The minimum absolute atomic E-state index is 0.0329. The van der Waals surface area contributed by atoms with E-state index in [9.17, 15) is 13.0 Å². The molecular formula is C12H16F2N2OS2. The second-order valence-corrected chi connectivity index (χ2v) is 6.45. The van der Waals surface area contributed by atoms with Crippen molar-refractivity contribution < 1.29 is 13.0 Å². The Bertz CT molecular complexity index is 485. The Labute approximate surface area is 119 Å². The van der Waals surface area contributed by atoms with Crippen molar-refractivity contribution in [2.24, 2.45) is 5.73 Å². The first-order chi connectivity index (χ1) is 8.82. The van der Waals surface area contributed by atoms with E-state index in [0.29, 0.717) is 13.0 Å². The molecule has 0 fully saturated rings. The highest BCUT2D eigenvalue weighted by molar-refractivity contribution is 7.84. The topological polar surface area (TPSA) is 55.1 Å². The number of hydrogen-bond donors (Lipinski definition) is 2. The van der Waals surface area contributed by atoms with Gasteiger partial charge in [-0.3, -0.25) is 4.21 Å². The molecule has 0 aliphatic carbocycles. The highest BCUT2D eigenvalue weighted by Crippen LogP contribution is 2.21. The maximum atomic E-state index is 13.7. The van der Waals surface area contributed by atoms with Crippen LogP contribution in [0, 0.1) is 11.6 Å². The Balaban J connectivity index is 2.74. The normalized spacial score (nSPS) is 13.9. The molecule has 0 aliphatic heterocycles. The van der Waals surface area contributed by atoms with Crippen molar-refractivity contribution in [3.05, 3.63) is 29.3 Å². The fraction of sp³-hybridized carbons (Fsp3) is 0.417. The van der Waals surface area contributed by atoms with Crippen LogP contribution in [0.15, 0.2) is 12.1 Å². The molecule has 3 N–H and O–H groups in total. The summed E-state index contributed by atoms with van der Waals surface area (Å²) in [6.07, 6.45) is 2.15. The molecule has 0 saturated carbocycles. The average Bonchev–Trinajstić information content (AvgIpc) is 2.31. The highest BCUT2D eigenvalue weighted by Gasteiger charge is 2.13. The van der Waals surface area contributed by atoms with E-state index in [1.807, 2.05) is 6.92 Å². The van der Waals surface area contributed by atoms with Crippen molar-refractivity contribution in [1.82, 2.24) is 0 Å². The Kier molecular flexibility index (Phi) is 5.81. The van der Waals surface area contributed by atoms with E-state index in [4.69, 9.17) is 5.73 Å². The first kappa shape index (κ1) is 16.0. The lowest BCUT2D eigenvalue weighted by molar-refractivity contribution is 0.586. The van der Waals surface area contributed by atoms with Gasteiger partial charge in [0.1, 0.15) is 22.3 Å². The van der Waals surface area contributed by atoms with Crippen LogP contribution in [0.5, 0.6) is 0 Å². The molecule has 0 aliphatic rings. The molecule has 1 rings (SSSR count). The SMILES string of the molecule is CC(CCNc1c(F)cc(C(N)=S)cc1F)S(C)=O. The molecule has 0 heterocycles. The highest BCUT2D eigenvalue weighted by atomic mass is 32.2. The van der Waals surface area contributed by atoms with Gasteiger partial charge in [0.2, 0.25) is 0 Å². The molecule has 1 aromatic carbocycles. The van der Waals surface area contributed by atoms with E-state index >= 15 is 0 Å². The quantitative estimate of drug-likeness (QED) is 0.791. The van der Waals surface area contributed by atoms with Crippen molar-refractivity contribution in [3.8, 4) is 0 Å². The Morgan fingerprint density at radius 2 is 2.00 bits per heavy atom. The van der Waals surface area contributed by atoms with Gasteiger partial charge in [-0.25, -0.2) is 8.78 Å². The van der Waals surface area contributed by atoms with Gasteiger partial charge in [0.15, 0.2) is 0 Å². The van der Waals surface area contributed by atoms with Crippen molar-refractivity contribution in [3.63, 3.8) is 0 Å². The molecule has 1 aromatic rings. The van der Waals surface area contributed by atoms with Gasteiger partial charge in [0.05, 0.1) is 0 Å². The van der Waals surface area contributed by atoms with Gasteiger partial charge in [0.25, 0.3) is 0 Å². The summed E-state index contributed by atoms with van der Waals surface area (Å²) in [5.74, 6) is -1.49. The van der Waals surface area contributed by atoms with Crippen LogP contribution in [0.3, 0.4) is 0 Å². The van der Waals surface area contributed by atoms with Crippen LogP contribution in [-0.4, -0.2) is 27.2 Å². The van der Waals surface area contributed by atoms with Crippen LogP contribution in [0.1, 0.15) is 18.9 Å². The molecule has 0 saturated heterocycles. The summed E-state index contributed by atoms with van der Waals surface area (Å²) < 4.78 is 38.5. The van der Waals surface area contributed by atoms with Crippen molar-refractivity contribution >= 4 is 33.7 Å². The van der Waals surface area contributed by atoms with E-state index < -0.39 is 22.4 Å². The molecular weight excluding hydrogens is 290 g/mol. The van der Waals surface area contributed by atoms with Crippen molar-refractivity contribution in [2.75, 3.05) is 18.1 Å². The first-order valence-corrected chi connectivity index (χ1v) is 7.70. The van der Waals surface area contributed by atoms with Crippen molar-refractivity contribution in [2.45, 2.75) is 18.6 Å². The third-order valence-corrected chi connectivity index (χ3v) is 4.35. The molecule has 0 spiro atoms. The molecule has 0 bridgehead atoms. The van der Waals surface area contributed by atoms with Gasteiger partial charge < -0.3 is 11.1 Å². The third-order valence-electron chi connectivity index (χ3n) is 2.75. The zero-order valence-electron chi connectivity index (χ0n) is 10.7. The van der Waals surface area contributed by atoms with Gasteiger partial charge in [-0.2, -0.15) is 0 Å². The van der Waals surface area contributed by atoms with Crippen LogP contribution >= 0.6 is 12.2 Å². The Hall–Kier alpha value is -1.08. The summed E-state index contributed by atoms with van der Waals surface area (Å²) in [5, 5.41) is 2.63. The molecule has 0 aromatic heterocycles. The number of rotatable bonds is 6. The van der Waals surface area contributed by atoms with E-state index in [-0.39, 0.29) is 21.5 Å². The number of nitrogens with two attached hydrogens (primary N) is 1. The predicted octanol–water partition coefficient (Wildman–Crippen LogP) is 2.17. The van der Waals surface area contributed by atoms with Gasteiger partial charge in [0, 0.05) is 34.4 Å². The van der Waals surface area contributed by atoms with Crippen LogP contribution < -0.4 is 11.1 Å². The molecule has 0 amide bonds. The lowest BCUT2D eigenvalue weighted by Gasteiger charge is -2.12. The standard InChI is InChI=1S/C12H16F2N2OS2/c1-7(19(2)17)3-4-16-11-9(13)5-8(12(15)18)6-10(11)14/h5-7,16H,3-4H2,1-2H3,(H2,15,18). The maximum absolute atomic E-state index is 13.7. The number of anilines is 1. The molecule has 0 radical (unpaired) electrons. The fourth-order valence-corrected chi connectivity index (χ4v) is 2.02. The predicted molar refractivity (Wildman–Crippen MR) is 78.9 cm³/mol. The van der Waals surface area contributed by atoms with Gasteiger partial charge in [-0.1, -0.05) is 19.1 Å². The molecule has 2 unspecified atom stereocenters. The van der Waals surface area contributed by atoms with E-state index in [1.54, 1.807) is 6.26 Å². The minimum Gasteiger partial charge on any atom is -0.389 e. The van der Waals surface area contributed by atoms with Crippen LogP contribution in [0.2, 0.25) is 0 Å². The third kappa shape index (κ3) is 4.50. The van der Waals surface area contributed by atoms with Crippen molar-refractivity contribution in [1.29, 1.82) is 0 Å². The largest absolute Gasteiger partial charge is 0.389 e. The smallest absolute Gasteiger partial charge is 0.150 e. The molecule has 2 atom stereocenters. The van der Waals surface area contributed by atoms with E-state index in [0.717, 1.165) is 12.1 Å². The summed E-state index contributed by atoms with van der Waals surface area (Å²) in [6, 6.07) is 2.18. The second-order valence-electron chi connectivity index (χ2n) is 4.20. The van der Waals surface area contributed by atoms with Gasteiger partial charge in [-0.15, -0.1) is 0 Å². The summed E-state index contributed by atoms with van der Waals surface area (Å²) in [4.78, 5) is -0.0562. The Morgan fingerprint density at radius 1 is 1.47 bits per heavy atom. The average molecular weight is 306 g/mol. The Morgan fingerprint density at radius 3 is 2.42 bits per heavy atom. The number of halogens is 2. The summed E-state index contributed by atoms with van der Waals surface area (Å²) in [7, 11) is -0.950. The molecule has 19 heavy (non-hydrogen) atoms. The second kappa shape index (κ2) is 6.91. The zero-order valence-corrected chi connectivity index (χ0v) is 12.3. The van der Waals surface area contributed by atoms with Crippen LogP contribution in [0.25, 0.3) is 0 Å². The van der Waals surface area contributed by atoms with Gasteiger partial charge >= 0.3 is 0 Å². The molecule has 7 heteroatoms. The minimum atomic E-state index is -0.950. The summed E-state index contributed by atoms with van der Waals surface area (Å²) >= 11 is 4.67. The lowest BCUT2D eigenvalue weighted by Crippen LogP contribution is -2.16. The van der Waals surface area contributed by atoms with Crippen LogP contribution in [0.4, 0.5) is 14.5 Å². The molecule has 106 valence electrons. The number of hydrogen-bond acceptors (Lipinski definition) is 3. The number of nitrogens with one attached hydrogen (secondary N) is 1. The van der Waals surface area contributed by atoms with E-state index in [1.165, 1.54) is 0 Å².